The number of hydrogen-bond acceptors (Lipinski definition) is 3. The molecule has 88 valence electrons. The number of nitro benzene ring substituents is 1. The van der Waals surface area contributed by atoms with Gasteiger partial charge >= 0.3 is 0 Å². The third-order valence-electron chi connectivity index (χ3n) is 3.19. The zero-order valence-corrected chi connectivity index (χ0v) is 9.42. The van der Waals surface area contributed by atoms with E-state index < -0.39 is 4.92 Å². The van der Waals surface area contributed by atoms with Crippen molar-refractivity contribution in [1.82, 2.24) is 0 Å². The molecule has 3 rings (SSSR count). The number of rotatable bonds is 1. The van der Waals surface area contributed by atoms with E-state index in [-0.39, 0.29) is 11.5 Å². The van der Waals surface area contributed by atoms with Crippen molar-refractivity contribution in [3.05, 3.63) is 74.8 Å². The van der Waals surface area contributed by atoms with E-state index in [9.17, 15) is 14.9 Å². The summed E-state index contributed by atoms with van der Waals surface area (Å²) in [5.41, 5.74) is 2.95. The Balaban J connectivity index is 2.16. The van der Waals surface area contributed by atoms with Gasteiger partial charge in [0, 0.05) is 23.3 Å². The molecule has 0 bridgehead atoms. The topological polar surface area (TPSA) is 60.2 Å². The maximum absolute atomic E-state index is 12.2. The number of benzene rings is 2. The molecule has 0 aromatic heterocycles. The van der Waals surface area contributed by atoms with E-state index in [4.69, 9.17) is 0 Å². The molecule has 4 heteroatoms. The first-order valence-electron chi connectivity index (χ1n) is 5.57. The van der Waals surface area contributed by atoms with Crippen LogP contribution >= 0.6 is 0 Å². The summed E-state index contributed by atoms with van der Waals surface area (Å²) in [5.74, 6) is -0.0539. The van der Waals surface area contributed by atoms with Gasteiger partial charge in [0.25, 0.3) is 5.69 Å². The van der Waals surface area contributed by atoms with Crippen molar-refractivity contribution in [3.8, 4) is 0 Å². The van der Waals surface area contributed by atoms with Gasteiger partial charge in [-0.25, -0.2) is 0 Å². The predicted molar refractivity (Wildman–Crippen MR) is 65.8 cm³/mol. The number of ketones is 1. The van der Waals surface area contributed by atoms with Gasteiger partial charge < -0.3 is 0 Å². The van der Waals surface area contributed by atoms with Crippen LogP contribution in [-0.2, 0) is 6.42 Å². The van der Waals surface area contributed by atoms with E-state index in [2.05, 4.69) is 0 Å². The summed E-state index contributed by atoms with van der Waals surface area (Å²) in [7, 11) is 0. The normalized spacial score (nSPS) is 12.8. The lowest BCUT2D eigenvalue weighted by atomic mass is 9.85. The average Bonchev–Trinajstić information content (AvgIpc) is 2.38. The number of non-ortho nitro benzene ring substituents is 1. The lowest BCUT2D eigenvalue weighted by Gasteiger charge is -2.17. The van der Waals surface area contributed by atoms with Crippen LogP contribution in [0, 0.1) is 10.1 Å². The molecule has 0 N–H and O–H groups in total. The molecule has 2 aromatic rings. The highest BCUT2D eigenvalue weighted by Crippen LogP contribution is 2.29. The summed E-state index contributed by atoms with van der Waals surface area (Å²) >= 11 is 0. The molecular weight excluding hydrogens is 230 g/mol. The Morgan fingerprint density at radius 3 is 2.50 bits per heavy atom. The minimum atomic E-state index is -0.439. The van der Waals surface area contributed by atoms with Gasteiger partial charge in [0.2, 0.25) is 0 Å². The van der Waals surface area contributed by atoms with Crippen LogP contribution in [0.3, 0.4) is 0 Å². The van der Waals surface area contributed by atoms with Crippen LogP contribution in [0.2, 0.25) is 0 Å². The third kappa shape index (κ3) is 1.50. The first-order valence-corrected chi connectivity index (χ1v) is 5.57. The monoisotopic (exact) mass is 239 g/mol. The van der Waals surface area contributed by atoms with Gasteiger partial charge in [-0.3, -0.25) is 14.9 Å². The number of hydrogen-bond donors (Lipinski definition) is 0. The summed E-state index contributed by atoms with van der Waals surface area (Å²) in [5, 5.41) is 10.7. The molecule has 0 saturated carbocycles. The molecule has 0 saturated heterocycles. The number of carbonyl (C=O) groups is 1. The van der Waals surface area contributed by atoms with E-state index in [0.717, 1.165) is 11.1 Å². The van der Waals surface area contributed by atoms with E-state index in [0.29, 0.717) is 17.5 Å². The second-order valence-electron chi connectivity index (χ2n) is 4.26. The first-order chi connectivity index (χ1) is 8.66. The van der Waals surface area contributed by atoms with Gasteiger partial charge in [-0.1, -0.05) is 24.3 Å². The van der Waals surface area contributed by atoms with Crippen LogP contribution in [0.1, 0.15) is 27.0 Å². The second kappa shape index (κ2) is 3.77. The Labute approximate surface area is 103 Å². The number of nitrogens with zero attached hydrogens (tertiary/aromatic N) is 1. The average molecular weight is 239 g/mol. The Morgan fingerprint density at radius 2 is 1.72 bits per heavy atom. The number of nitro groups is 1. The molecule has 18 heavy (non-hydrogen) atoms. The highest BCUT2D eigenvalue weighted by atomic mass is 16.6. The van der Waals surface area contributed by atoms with Crippen LogP contribution in [0.4, 0.5) is 5.69 Å². The standard InChI is InChI=1S/C14H9NO3/c16-14-12-4-2-1-3-9(12)7-10-8-11(15(17)18)5-6-13(10)14/h1-6,8H,7H2. The fourth-order valence-corrected chi connectivity index (χ4v) is 2.31. The van der Waals surface area contributed by atoms with E-state index in [1.165, 1.54) is 12.1 Å². The third-order valence-corrected chi connectivity index (χ3v) is 3.19. The number of carbonyl (C=O) groups excluding carboxylic acids is 1. The van der Waals surface area contributed by atoms with Crippen molar-refractivity contribution in [2.45, 2.75) is 6.42 Å². The lowest BCUT2D eigenvalue weighted by Crippen LogP contribution is -2.15. The first kappa shape index (κ1) is 10.7. The maximum Gasteiger partial charge on any atom is 0.269 e. The van der Waals surface area contributed by atoms with Crippen LogP contribution < -0.4 is 0 Å². The largest absolute Gasteiger partial charge is 0.289 e. The minimum Gasteiger partial charge on any atom is -0.289 e. The molecule has 1 aliphatic carbocycles. The lowest BCUT2D eigenvalue weighted by molar-refractivity contribution is -0.384. The predicted octanol–water partition coefficient (Wildman–Crippen LogP) is 2.73. The molecule has 0 radical (unpaired) electrons. The summed E-state index contributed by atoms with van der Waals surface area (Å²) in [6.07, 6.45) is 0.568. The second-order valence-corrected chi connectivity index (χ2v) is 4.26. The molecule has 0 fully saturated rings. The van der Waals surface area contributed by atoms with Crippen LogP contribution in [-0.4, -0.2) is 10.7 Å². The molecule has 0 amide bonds. The molecule has 2 aromatic carbocycles. The van der Waals surface area contributed by atoms with Crippen molar-refractivity contribution in [2.24, 2.45) is 0 Å². The van der Waals surface area contributed by atoms with Crippen molar-refractivity contribution in [3.63, 3.8) is 0 Å². The van der Waals surface area contributed by atoms with E-state index in [1.54, 1.807) is 12.1 Å². The Bertz CT molecular complexity index is 676. The summed E-state index contributed by atoms with van der Waals surface area (Å²) in [6.45, 7) is 0. The molecule has 0 atom stereocenters. The van der Waals surface area contributed by atoms with Crippen molar-refractivity contribution >= 4 is 11.5 Å². The molecule has 0 heterocycles. The molecule has 1 aliphatic rings. The molecule has 0 unspecified atom stereocenters. The van der Waals surface area contributed by atoms with Gasteiger partial charge in [0.1, 0.15) is 0 Å². The fraction of sp³-hybridized carbons (Fsp3) is 0.0714. The maximum atomic E-state index is 12.2. The van der Waals surface area contributed by atoms with Gasteiger partial charge in [-0.2, -0.15) is 0 Å². The molecule has 0 aliphatic heterocycles. The highest BCUT2D eigenvalue weighted by Gasteiger charge is 2.24. The van der Waals surface area contributed by atoms with Gasteiger partial charge in [-0.05, 0) is 23.6 Å². The summed E-state index contributed by atoms with van der Waals surface area (Å²) in [4.78, 5) is 22.5. The van der Waals surface area contributed by atoms with Gasteiger partial charge in [0.15, 0.2) is 5.78 Å². The molecule has 0 spiro atoms. The summed E-state index contributed by atoms with van der Waals surface area (Å²) in [6, 6.07) is 11.8. The smallest absolute Gasteiger partial charge is 0.269 e. The SMILES string of the molecule is O=C1c2ccccc2Cc2cc([N+](=O)[O-])ccc21. The summed E-state index contributed by atoms with van der Waals surface area (Å²) < 4.78 is 0. The van der Waals surface area contributed by atoms with E-state index in [1.807, 2.05) is 18.2 Å². The zero-order valence-electron chi connectivity index (χ0n) is 9.42. The highest BCUT2D eigenvalue weighted by molar-refractivity contribution is 6.12. The van der Waals surface area contributed by atoms with Crippen molar-refractivity contribution in [1.29, 1.82) is 0 Å². The molecular formula is C14H9NO3. The molecule has 4 nitrogen and oxygen atoms in total. The van der Waals surface area contributed by atoms with E-state index >= 15 is 0 Å². The Hall–Kier alpha value is -2.49. The van der Waals surface area contributed by atoms with Crippen LogP contribution in [0.25, 0.3) is 0 Å². The van der Waals surface area contributed by atoms with Gasteiger partial charge in [0.05, 0.1) is 4.92 Å². The zero-order chi connectivity index (χ0) is 12.7. The minimum absolute atomic E-state index is 0.0286. The Morgan fingerprint density at radius 1 is 1.00 bits per heavy atom. The van der Waals surface area contributed by atoms with Gasteiger partial charge in [-0.15, -0.1) is 0 Å². The number of fused-ring (bicyclic) bond motifs is 2. The van der Waals surface area contributed by atoms with Crippen molar-refractivity contribution in [2.75, 3.05) is 0 Å². The van der Waals surface area contributed by atoms with Crippen LogP contribution in [0.5, 0.6) is 0 Å². The van der Waals surface area contributed by atoms with Crippen LogP contribution in [0.15, 0.2) is 42.5 Å². The Kier molecular flexibility index (Phi) is 2.23. The quantitative estimate of drug-likeness (QED) is 0.484. The fourth-order valence-electron chi connectivity index (χ4n) is 2.31. The van der Waals surface area contributed by atoms with Crippen molar-refractivity contribution < 1.29 is 9.72 Å².